The summed E-state index contributed by atoms with van der Waals surface area (Å²) in [6.45, 7) is 4.63. The zero-order chi connectivity index (χ0) is 26.2. The smallest absolute Gasteiger partial charge is 0.407 e. The number of carbonyl (C=O) groups excluding carboxylic acids is 2. The van der Waals surface area contributed by atoms with Gasteiger partial charge in [-0.15, -0.1) is 11.3 Å². The molecular weight excluding hydrogens is 490 g/mol. The molecule has 0 aliphatic heterocycles. The van der Waals surface area contributed by atoms with E-state index in [4.69, 9.17) is 9.47 Å². The monoisotopic (exact) mass is 521 g/mol. The number of alkyl carbamates (subject to hydrolysis) is 1. The van der Waals surface area contributed by atoms with Crippen LogP contribution in [0.4, 0.5) is 9.80 Å². The van der Waals surface area contributed by atoms with Crippen molar-refractivity contribution in [3.8, 4) is 11.8 Å². The number of nitrogens with zero attached hydrogens (tertiary/aromatic N) is 2. The number of rotatable bonds is 10. The van der Waals surface area contributed by atoms with Crippen molar-refractivity contribution >= 4 is 28.3 Å². The zero-order valence-electron chi connectivity index (χ0n) is 21.0. The molecule has 1 aliphatic rings. The molecule has 194 valence electrons. The summed E-state index contributed by atoms with van der Waals surface area (Å²) in [5.74, 6) is 0.811. The molecule has 3 N–H and O–H groups in total. The van der Waals surface area contributed by atoms with Gasteiger partial charge in [0.05, 0.1) is 36.8 Å². The first-order chi connectivity index (χ1) is 18.0. The molecule has 10 heteroatoms. The highest BCUT2D eigenvalue weighted by Crippen LogP contribution is 2.39. The lowest BCUT2D eigenvalue weighted by Crippen LogP contribution is -2.30. The first kappa shape index (κ1) is 26.2. The summed E-state index contributed by atoms with van der Waals surface area (Å²) in [7, 11) is 0. The van der Waals surface area contributed by atoms with Crippen LogP contribution in [0.2, 0.25) is 0 Å². The molecule has 1 aliphatic carbocycles. The van der Waals surface area contributed by atoms with E-state index in [1.54, 1.807) is 12.5 Å². The summed E-state index contributed by atoms with van der Waals surface area (Å²) in [6, 6.07) is 9.73. The molecule has 0 spiro atoms. The Kier molecular flexibility index (Phi) is 8.80. The van der Waals surface area contributed by atoms with Crippen LogP contribution in [0.5, 0.6) is 5.75 Å². The molecule has 37 heavy (non-hydrogen) atoms. The summed E-state index contributed by atoms with van der Waals surface area (Å²) < 4.78 is 11.1. The highest BCUT2D eigenvalue weighted by molar-refractivity contribution is 7.16. The molecule has 1 aromatic carbocycles. The Morgan fingerprint density at radius 1 is 1.35 bits per heavy atom. The third-order valence-electron chi connectivity index (χ3n) is 6.37. The maximum Gasteiger partial charge on any atom is 0.407 e. The molecule has 2 aromatic heterocycles. The number of nitriles is 1. The van der Waals surface area contributed by atoms with Crippen LogP contribution in [0.15, 0.2) is 36.8 Å². The van der Waals surface area contributed by atoms with Crippen molar-refractivity contribution in [1.29, 1.82) is 5.26 Å². The first-order valence-corrected chi connectivity index (χ1v) is 13.3. The van der Waals surface area contributed by atoms with Gasteiger partial charge in [0.2, 0.25) is 5.91 Å². The van der Waals surface area contributed by atoms with Crippen LogP contribution in [0.25, 0.3) is 0 Å². The van der Waals surface area contributed by atoms with Crippen molar-refractivity contribution in [2.45, 2.75) is 52.0 Å². The molecular formula is C27H31N5O4S. The van der Waals surface area contributed by atoms with Crippen LogP contribution in [-0.4, -0.2) is 35.2 Å². The number of amides is 2. The maximum absolute atomic E-state index is 12.7. The second kappa shape index (κ2) is 12.4. The molecule has 4 rings (SSSR count). The highest BCUT2D eigenvalue weighted by atomic mass is 32.1. The van der Waals surface area contributed by atoms with Gasteiger partial charge >= 0.3 is 6.09 Å². The van der Waals surface area contributed by atoms with E-state index in [2.05, 4.69) is 26.7 Å². The minimum absolute atomic E-state index is 0.135. The van der Waals surface area contributed by atoms with Crippen LogP contribution in [0, 0.1) is 17.2 Å². The Morgan fingerprint density at radius 3 is 2.95 bits per heavy atom. The average Bonchev–Trinajstić information content (AvgIpc) is 3.55. The standard InChI is InChI=1S/C27H31N5O4S/c1-3-35-23-7-5-4-6-19(23)9-11-25(33)32-26-21(13-28)20-10-8-18(12-24(20)37-26)15-36-27(34)31-17(2)22-14-29-16-30-22/h4-7,14,16-18H,3,8-12,15H2,1-2H3,(H,29,30)(H,31,34)(H,32,33). The number of aromatic nitrogens is 2. The van der Waals surface area contributed by atoms with Crippen LogP contribution in [0.1, 0.15) is 60.0 Å². The number of nitrogens with one attached hydrogen (secondary N) is 3. The van der Waals surface area contributed by atoms with E-state index in [0.717, 1.165) is 33.9 Å². The number of ether oxygens (including phenoxy) is 2. The van der Waals surface area contributed by atoms with E-state index in [-0.39, 0.29) is 17.9 Å². The van der Waals surface area contributed by atoms with Crippen LogP contribution >= 0.6 is 11.3 Å². The molecule has 0 saturated carbocycles. The van der Waals surface area contributed by atoms with E-state index < -0.39 is 6.09 Å². The van der Waals surface area contributed by atoms with Gasteiger partial charge in [-0.05, 0) is 62.6 Å². The number of anilines is 1. The number of hydrogen-bond acceptors (Lipinski definition) is 7. The summed E-state index contributed by atoms with van der Waals surface area (Å²) in [5.41, 5.74) is 3.26. The molecule has 2 atom stereocenters. The van der Waals surface area contributed by atoms with Crippen molar-refractivity contribution in [2.75, 3.05) is 18.5 Å². The predicted octanol–water partition coefficient (Wildman–Crippen LogP) is 4.91. The number of para-hydroxylation sites is 1. The minimum Gasteiger partial charge on any atom is -0.494 e. The number of aromatic amines is 1. The Bertz CT molecular complexity index is 1260. The van der Waals surface area contributed by atoms with Gasteiger partial charge in [-0.25, -0.2) is 9.78 Å². The highest BCUT2D eigenvalue weighted by Gasteiger charge is 2.27. The van der Waals surface area contributed by atoms with Gasteiger partial charge < -0.3 is 25.1 Å². The van der Waals surface area contributed by atoms with Crippen molar-refractivity contribution in [3.05, 3.63) is 64.1 Å². The largest absolute Gasteiger partial charge is 0.494 e. The summed E-state index contributed by atoms with van der Waals surface area (Å²) in [4.78, 5) is 33.0. The zero-order valence-corrected chi connectivity index (χ0v) is 21.8. The van der Waals surface area contributed by atoms with E-state index in [0.29, 0.717) is 49.5 Å². The van der Waals surface area contributed by atoms with Crippen molar-refractivity contribution in [2.24, 2.45) is 5.92 Å². The summed E-state index contributed by atoms with van der Waals surface area (Å²) >= 11 is 1.45. The fourth-order valence-corrected chi connectivity index (χ4v) is 5.77. The second-order valence-electron chi connectivity index (χ2n) is 8.98. The first-order valence-electron chi connectivity index (χ1n) is 12.5. The molecule has 9 nitrogen and oxygen atoms in total. The van der Waals surface area contributed by atoms with Crippen molar-refractivity contribution < 1.29 is 19.1 Å². The molecule has 0 saturated heterocycles. The molecule has 3 aromatic rings. The molecule has 2 unspecified atom stereocenters. The lowest BCUT2D eigenvalue weighted by molar-refractivity contribution is -0.116. The average molecular weight is 522 g/mol. The topological polar surface area (TPSA) is 129 Å². The van der Waals surface area contributed by atoms with E-state index >= 15 is 0 Å². The lowest BCUT2D eigenvalue weighted by Gasteiger charge is -2.22. The third-order valence-corrected chi connectivity index (χ3v) is 7.54. The maximum atomic E-state index is 12.7. The Balaban J connectivity index is 1.31. The van der Waals surface area contributed by atoms with Gasteiger partial charge in [-0.1, -0.05) is 18.2 Å². The van der Waals surface area contributed by atoms with Gasteiger partial charge in [0, 0.05) is 17.5 Å². The fraction of sp³-hybridized carbons (Fsp3) is 0.407. The molecule has 2 amide bonds. The van der Waals surface area contributed by atoms with Crippen molar-refractivity contribution in [3.63, 3.8) is 0 Å². The molecule has 2 heterocycles. The van der Waals surface area contributed by atoms with Gasteiger partial charge in [-0.3, -0.25) is 4.79 Å². The fourth-order valence-electron chi connectivity index (χ4n) is 4.44. The number of fused-ring (bicyclic) bond motifs is 1. The predicted molar refractivity (Wildman–Crippen MR) is 141 cm³/mol. The number of hydrogen-bond donors (Lipinski definition) is 3. The van der Waals surface area contributed by atoms with Gasteiger partial charge in [0.25, 0.3) is 0 Å². The van der Waals surface area contributed by atoms with Crippen molar-refractivity contribution in [1.82, 2.24) is 15.3 Å². The molecule has 0 bridgehead atoms. The second-order valence-corrected chi connectivity index (χ2v) is 10.1. The minimum atomic E-state index is -0.482. The number of aryl methyl sites for hydroxylation is 1. The third kappa shape index (κ3) is 6.68. The number of imidazole rings is 1. The quantitative estimate of drug-likeness (QED) is 0.348. The van der Waals surface area contributed by atoms with Gasteiger partial charge in [0.1, 0.15) is 16.8 Å². The summed E-state index contributed by atoms with van der Waals surface area (Å²) in [5, 5.41) is 16.1. The number of H-pyrrole nitrogens is 1. The normalized spacial score (nSPS) is 15.2. The molecule has 0 radical (unpaired) electrons. The Morgan fingerprint density at radius 2 is 2.19 bits per heavy atom. The summed E-state index contributed by atoms with van der Waals surface area (Å²) in [6.07, 6.45) is 5.88. The van der Waals surface area contributed by atoms with Crippen LogP contribution in [0.3, 0.4) is 0 Å². The lowest BCUT2D eigenvalue weighted by atomic mass is 9.88. The van der Waals surface area contributed by atoms with E-state index in [1.807, 2.05) is 38.1 Å². The SMILES string of the molecule is CCOc1ccccc1CCC(=O)Nc1sc2c(c1C#N)CCC(COC(=O)NC(C)c1c[nH]cn1)C2. The Labute approximate surface area is 220 Å². The van der Waals surface area contributed by atoms with Crippen LogP contribution in [-0.2, 0) is 28.8 Å². The number of thiophene rings is 1. The number of benzene rings is 1. The van der Waals surface area contributed by atoms with Gasteiger partial charge in [-0.2, -0.15) is 5.26 Å². The number of carbonyl (C=O) groups is 2. The van der Waals surface area contributed by atoms with E-state index in [9.17, 15) is 14.9 Å². The Hall–Kier alpha value is -3.84. The van der Waals surface area contributed by atoms with Gasteiger partial charge in [0.15, 0.2) is 0 Å². The van der Waals surface area contributed by atoms with E-state index in [1.165, 1.54) is 11.3 Å². The molecule has 0 fully saturated rings. The van der Waals surface area contributed by atoms with Crippen LogP contribution < -0.4 is 15.4 Å².